The van der Waals surface area contributed by atoms with E-state index in [2.05, 4.69) is 32.6 Å². The Labute approximate surface area is 209 Å². The molecule has 2 aromatic rings. The molecule has 2 fully saturated rings. The zero-order chi connectivity index (χ0) is 25.2. The van der Waals surface area contributed by atoms with Crippen molar-refractivity contribution in [2.24, 2.45) is 17.3 Å². The topological polar surface area (TPSA) is 61.6 Å². The molecule has 1 unspecified atom stereocenters. The van der Waals surface area contributed by atoms with Crippen LogP contribution < -0.4 is 0 Å². The van der Waals surface area contributed by atoms with Gasteiger partial charge < -0.3 is 14.9 Å². The summed E-state index contributed by atoms with van der Waals surface area (Å²) in [5.74, 6) is 0.185. The number of piperidine rings is 1. The number of hydrogen-bond donors (Lipinski definition) is 1. The molecule has 0 amide bonds. The number of carboxylic acid groups (broad SMARTS) is 1. The summed E-state index contributed by atoms with van der Waals surface area (Å²) < 4.78 is 16.2. The van der Waals surface area contributed by atoms with E-state index in [-0.39, 0.29) is 17.7 Å². The third-order valence-electron chi connectivity index (χ3n) is 8.66. The van der Waals surface area contributed by atoms with Crippen LogP contribution >= 0.6 is 0 Å². The number of nitrogens with zero attached hydrogens (tertiary/aromatic N) is 4. The van der Waals surface area contributed by atoms with Crippen LogP contribution in [0.25, 0.3) is 0 Å². The fourth-order valence-corrected chi connectivity index (χ4v) is 6.05. The molecule has 2 aliphatic heterocycles. The Hall–Kier alpha value is -2.25. The Morgan fingerprint density at radius 2 is 1.94 bits per heavy atom. The van der Waals surface area contributed by atoms with E-state index < -0.39 is 11.4 Å². The lowest BCUT2D eigenvalue weighted by atomic mass is 9.78. The fraction of sp³-hybridized carbons (Fsp3) is 0.643. The van der Waals surface area contributed by atoms with E-state index in [0.29, 0.717) is 18.4 Å². The average Bonchev–Trinajstić information content (AvgIpc) is 3.46. The summed E-state index contributed by atoms with van der Waals surface area (Å²) in [4.78, 5) is 17.0. The number of aliphatic carboxylic acids is 1. The normalized spacial score (nSPS) is 24.2. The first-order valence-electron chi connectivity index (χ1n) is 13.2. The minimum atomic E-state index is -0.804. The molecule has 0 spiro atoms. The first-order valence-corrected chi connectivity index (χ1v) is 13.2. The van der Waals surface area contributed by atoms with Gasteiger partial charge in [0.25, 0.3) is 0 Å². The highest BCUT2D eigenvalue weighted by Crippen LogP contribution is 2.38. The van der Waals surface area contributed by atoms with Crippen LogP contribution in [0, 0.1) is 23.1 Å². The summed E-state index contributed by atoms with van der Waals surface area (Å²) in [6.45, 7) is 14.1. The van der Waals surface area contributed by atoms with Gasteiger partial charge in [-0.3, -0.25) is 9.48 Å². The third-order valence-corrected chi connectivity index (χ3v) is 8.66. The van der Waals surface area contributed by atoms with E-state index in [4.69, 9.17) is 0 Å². The zero-order valence-electron chi connectivity index (χ0n) is 21.7. The van der Waals surface area contributed by atoms with Crippen molar-refractivity contribution >= 4 is 5.97 Å². The van der Waals surface area contributed by atoms with Crippen LogP contribution in [0.1, 0.15) is 63.6 Å². The number of likely N-dealkylation sites (tertiary alicyclic amines) is 2. The quantitative estimate of drug-likeness (QED) is 0.560. The number of halogens is 1. The van der Waals surface area contributed by atoms with Gasteiger partial charge in [0, 0.05) is 56.5 Å². The predicted octanol–water partition coefficient (Wildman–Crippen LogP) is 4.68. The average molecular weight is 485 g/mol. The van der Waals surface area contributed by atoms with Gasteiger partial charge in [-0.25, -0.2) is 4.39 Å². The second-order valence-electron chi connectivity index (χ2n) is 11.1. The van der Waals surface area contributed by atoms with Gasteiger partial charge in [-0.1, -0.05) is 26.0 Å². The van der Waals surface area contributed by atoms with Gasteiger partial charge in [-0.05, 0) is 75.4 Å². The predicted molar refractivity (Wildman–Crippen MR) is 136 cm³/mol. The number of benzene rings is 1. The number of aromatic nitrogens is 2. The number of aryl methyl sites for hydroxylation is 1. The standard InChI is InChI=1S/C28H41FN4O2/c1-5-33-26(9-12-30-33)21-10-13-31(14-11-21)16-23-17-32(19-28(4,20(2)3)27(34)35)18-25(23)22-7-6-8-24(29)15-22/h6-9,12,15,20-21,23,25H,5,10-11,13-14,16-19H2,1-4H3,(H,34,35)/t23-,25+,28?/m0/s1. The van der Waals surface area contributed by atoms with Crippen molar-refractivity contribution in [3.05, 3.63) is 53.6 Å². The van der Waals surface area contributed by atoms with Crippen LogP contribution in [-0.2, 0) is 11.3 Å². The molecule has 35 heavy (non-hydrogen) atoms. The van der Waals surface area contributed by atoms with Crippen molar-refractivity contribution in [1.29, 1.82) is 0 Å². The molecular weight excluding hydrogens is 443 g/mol. The summed E-state index contributed by atoms with van der Waals surface area (Å²) in [5.41, 5.74) is 1.57. The molecule has 0 saturated carbocycles. The van der Waals surface area contributed by atoms with Crippen molar-refractivity contribution in [2.45, 2.75) is 58.9 Å². The smallest absolute Gasteiger partial charge is 0.310 e. The molecule has 1 N–H and O–H groups in total. The maximum absolute atomic E-state index is 14.1. The molecule has 2 saturated heterocycles. The van der Waals surface area contributed by atoms with Crippen LogP contribution in [0.4, 0.5) is 4.39 Å². The van der Waals surface area contributed by atoms with Crippen LogP contribution in [0.15, 0.2) is 36.5 Å². The Balaban J connectivity index is 1.46. The molecule has 0 aliphatic carbocycles. The van der Waals surface area contributed by atoms with Gasteiger partial charge in [0.1, 0.15) is 5.82 Å². The van der Waals surface area contributed by atoms with Crippen LogP contribution in [0.2, 0.25) is 0 Å². The number of rotatable bonds is 9. The second kappa shape index (κ2) is 10.8. The van der Waals surface area contributed by atoms with Crippen molar-refractivity contribution in [3.63, 3.8) is 0 Å². The Bertz CT molecular complexity index is 1000. The highest BCUT2D eigenvalue weighted by atomic mass is 19.1. The maximum Gasteiger partial charge on any atom is 0.310 e. The molecule has 0 bridgehead atoms. The SMILES string of the molecule is CCn1nccc1C1CCN(C[C@H]2CN(CC(C)(C(=O)O)C(C)C)C[C@@H]2c2cccc(F)c2)CC1. The van der Waals surface area contributed by atoms with E-state index in [1.807, 2.05) is 33.0 Å². The molecule has 2 aliphatic rings. The van der Waals surface area contributed by atoms with Crippen molar-refractivity contribution in [1.82, 2.24) is 19.6 Å². The van der Waals surface area contributed by atoms with Gasteiger partial charge >= 0.3 is 5.97 Å². The van der Waals surface area contributed by atoms with Crippen molar-refractivity contribution in [2.75, 3.05) is 39.3 Å². The van der Waals surface area contributed by atoms with Crippen molar-refractivity contribution in [3.8, 4) is 0 Å². The molecule has 6 nitrogen and oxygen atoms in total. The van der Waals surface area contributed by atoms with Gasteiger partial charge in [0.15, 0.2) is 0 Å². The Morgan fingerprint density at radius 3 is 2.57 bits per heavy atom. The molecule has 1 aromatic carbocycles. The van der Waals surface area contributed by atoms with Crippen molar-refractivity contribution < 1.29 is 14.3 Å². The highest BCUT2D eigenvalue weighted by Gasteiger charge is 2.43. The Kier molecular flexibility index (Phi) is 7.96. The summed E-state index contributed by atoms with van der Waals surface area (Å²) in [6.07, 6.45) is 4.15. The zero-order valence-corrected chi connectivity index (χ0v) is 21.7. The van der Waals surface area contributed by atoms with E-state index >= 15 is 0 Å². The summed E-state index contributed by atoms with van der Waals surface area (Å²) >= 11 is 0. The lowest BCUT2D eigenvalue weighted by Crippen LogP contribution is -2.44. The lowest BCUT2D eigenvalue weighted by Gasteiger charge is -2.35. The fourth-order valence-electron chi connectivity index (χ4n) is 6.05. The van der Waals surface area contributed by atoms with E-state index in [1.165, 1.54) is 11.8 Å². The molecule has 7 heteroatoms. The molecule has 3 heterocycles. The number of hydrogen-bond acceptors (Lipinski definition) is 4. The molecule has 4 rings (SSSR count). The van der Waals surface area contributed by atoms with Gasteiger partial charge in [0.2, 0.25) is 0 Å². The van der Waals surface area contributed by atoms with Crippen LogP contribution in [-0.4, -0.2) is 69.9 Å². The summed E-state index contributed by atoms with van der Waals surface area (Å²) in [6, 6.07) is 9.14. The minimum Gasteiger partial charge on any atom is -0.481 e. The summed E-state index contributed by atoms with van der Waals surface area (Å²) in [5, 5.41) is 14.4. The molecule has 1 aromatic heterocycles. The van der Waals surface area contributed by atoms with E-state index in [0.717, 1.165) is 57.7 Å². The molecule has 0 radical (unpaired) electrons. The van der Waals surface area contributed by atoms with E-state index in [9.17, 15) is 14.3 Å². The number of carboxylic acids is 1. The second-order valence-corrected chi connectivity index (χ2v) is 11.1. The number of carbonyl (C=O) groups is 1. The molecule has 192 valence electrons. The Morgan fingerprint density at radius 1 is 1.20 bits per heavy atom. The monoisotopic (exact) mass is 484 g/mol. The third kappa shape index (κ3) is 5.61. The first kappa shape index (κ1) is 25.8. The van der Waals surface area contributed by atoms with Gasteiger partial charge in [-0.15, -0.1) is 0 Å². The van der Waals surface area contributed by atoms with E-state index in [1.54, 1.807) is 12.1 Å². The minimum absolute atomic E-state index is 0.0299. The van der Waals surface area contributed by atoms with Crippen LogP contribution in [0.5, 0.6) is 0 Å². The molecule has 3 atom stereocenters. The first-order chi connectivity index (χ1) is 16.7. The lowest BCUT2D eigenvalue weighted by molar-refractivity contribution is -0.151. The maximum atomic E-state index is 14.1. The highest BCUT2D eigenvalue weighted by molar-refractivity contribution is 5.74. The largest absolute Gasteiger partial charge is 0.481 e. The summed E-state index contributed by atoms with van der Waals surface area (Å²) in [7, 11) is 0. The van der Waals surface area contributed by atoms with Crippen LogP contribution in [0.3, 0.4) is 0 Å². The molecular formula is C28H41FN4O2. The van der Waals surface area contributed by atoms with Gasteiger partial charge in [0.05, 0.1) is 5.41 Å². The van der Waals surface area contributed by atoms with Gasteiger partial charge in [-0.2, -0.15) is 5.10 Å².